The van der Waals surface area contributed by atoms with Gasteiger partial charge in [-0.05, 0) is 17.7 Å². The number of hydrogen-bond acceptors (Lipinski definition) is 4. The maximum atomic E-state index is 9.43. The smallest absolute Gasteiger partial charge is 0.144 e. The minimum atomic E-state index is -0.270. The highest BCUT2D eigenvalue weighted by Crippen LogP contribution is 2.19. The van der Waals surface area contributed by atoms with E-state index in [1.807, 2.05) is 30.3 Å². The van der Waals surface area contributed by atoms with Gasteiger partial charge in [0, 0.05) is 6.20 Å². The van der Waals surface area contributed by atoms with E-state index in [1.54, 1.807) is 18.3 Å². The fourth-order valence-electron chi connectivity index (χ4n) is 1.70. The topological polar surface area (TPSA) is 68.9 Å². The summed E-state index contributed by atoms with van der Waals surface area (Å²) in [6, 6.07) is 14.8. The Morgan fingerprint density at radius 2 is 2.00 bits per heavy atom. The van der Waals surface area contributed by atoms with E-state index < -0.39 is 0 Å². The molecule has 1 heterocycles. The van der Waals surface area contributed by atoms with Crippen LogP contribution >= 0.6 is 0 Å². The van der Waals surface area contributed by atoms with Crippen LogP contribution in [0.5, 0.6) is 0 Å². The lowest BCUT2D eigenvalue weighted by atomic mass is 10.1. The minimum absolute atomic E-state index is 0.0640. The molecule has 1 aromatic carbocycles. The van der Waals surface area contributed by atoms with Crippen LogP contribution in [0, 0.1) is 11.3 Å². The molecule has 0 amide bonds. The van der Waals surface area contributed by atoms with E-state index in [9.17, 15) is 5.11 Å². The van der Waals surface area contributed by atoms with Gasteiger partial charge in [0.2, 0.25) is 0 Å². The zero-order valence-electron chi connectivity index (χ0n) is 9.74. The van der Waals surface area contributed by atoms with Gasteiger partial charge in [-0.3, -0.25) is 0 Å². The molecule has 1 atom stereocenters. The number of benzene rings is 1. The Bertz CT molecular complexity index is 548. The molecule has 0 spiro atoms. The first-order chi connectivity index (χ1) is 8.85. The standard InChI is InChI=1S/C14H13N3O/c15-9-12-7-4-8-16-14(12)17-13(10-18)11-5-2-1-3-6-11/h1-8,13,18H,10H2,(H,16,17)/t13-/m0/s1. The Morgan fingerprint density at radius 3 is 2.67 bits per heavy atom. The fourth-order valence-corrected chi connectivity index (χ4v) is 1.70. The third kappa shape index (κ3) is 2.65. The van der Waals surface area contributed by atoms with Crippen LogP contribution in [0.1, 0.15) is 17.2 Å². The number of anilines is 1. The first-order valence-corrected chi connectivity index (χ1v) is 5.62. The minimum Gasteiger partial charge on any atom is -0.394 e. The third-order valence-corrected chi connectivity index (χ3v) is 2.62. The van der Waals surface area contributed by atoms with Gasteiger partial charge in [0.25, 0.3) is 0 Å². The van der Waals surface area contributed by atoms with Gasteiger partial charge in [0.15, 0.2) is 0 Å². The van der Waals surface area contributed by atoms with Crippen molar-refractivity contribution in [2.75, 3.05) is 11.9 Å². The van der Waals surface area contributed by atoms with Crippen LogP contribution in [0.2, 0.25) is 0 Å². The maximum absolute atomic E-state index is 9.43. The van der Waals surface area contributed by atoms with Crippen molar-refractivity contribution >= 4 is 5.82 Å². The van der Waals surface area contributed by atoms with Gasteiger partial charge in [0.1, 0.15) is 11.9 Å². The molecule has 0 aliphatic carbocycles. The third-order valence-electron chi connectivity index (χ3n) is 2.62. The number of pyridine rings is 1. The Kier molecular flexibility index (Phi) is 3.90. The largest absolute Gasteiger partial charge is 0.394 e. The normalized spacial score (nSPS) is 11.6. The van der Waals surface area contributed by atoms with E-state index in [2.05, 4.69) is 16.4 Å². The summed E-state index contributed by atoms with van der Waals surface area (Å²) in [5.41, 5.74) is 1.42. The molecule has 0 bridgehead atoms. The summed E-state index contributed by atoms with van der Waals surface area (Å²) >= 11 is 0. The van der Waals surface area contributed by atoms with Crippen molar-refractivity contribution in [3.63, 3.8) is 0 Å². The summed E-state index contributed by atoms with van der Waals surface area (Å²) in [6.45, 7) is -0.0640. The number of nitrogens with zero attached hydrogens (tertiary/aromatic N) is 2. The average molecular weight is 239 g/mol. The van der Waals surface area contributed by atoms with Crippen molar-refractivity contribution in [2.24, 2.45) is 0 Å². The molecule has 2 rings (SSSR count). The maximum Gasteiger partial charge on any atom is 0.144 e. The SMILES string of the molecule is N#Cc1cccnc1N[C@@H](CO)c1ccccc1. The van der Waals surface area contributed by atoms with E-state index in [0.717, 1.165) is 5.56 Å². The fraction of sp³-hybridized carbons (Fsp3) is 0.143. The lowest BCUT2D eigenvalue weighted by Crippen LogP contribution is -2.16. The van der Waals surface area contributed by atoms with Gasteiger partial charge in [-0.2, -0.15) is 5.26 Å². The highest BCUT2D eigenvalue weighted by molar-refractivity contribution is 5.52. The molecule has 90 valence electrons. The first kappa shape index (κ1) is 12.1. The zero-order chi connectivity index (χ0) is 12.8. The molecule has 2 aromatic rings. The predicted octanol–water partition coefficient (Wildman–Crippen LogP) is 2.10. The molecule has 2 N–H and O–H groups in total. The number of aliphatic hydroxyl groups excluding tert-OH is 1. The number of nitriles is 1. The van der Waals surface area contributed by atoms with E-state index in [1.165, 1.54) is 0 Å². The second-order valence-electron chi connectivity index (χ2n) is 3.80. The zero-order valence-corrected chi connectivity index (χ0v) is 9.74. The molecule has 0 unspecified atom stereocenters. The molecule has 0 fully saturated rings. The molecule has 1 aromatic heterocycles. The number of hydrogen-bond donors (Lipinski definition) is 2. The van der Waals surface area contributed by atoms with Crippen molar-refractivity contribution in [2.45, 2.75) is 6.04 Å². The van der Waals surface area contributed by atoms with E-state index in [-0.39, 0.29) is 12.6 Å². The summed E-state index contributed by atoms with van der Waals surface area (Å²) in [6.07, 6.45) is 1.61. The van der Waals surface area contributed by atoms with Crippen LogP contribution in [-0.2, 0) is 0 Å². The molecular formula is C14H13N3O. The highest BCUT2D eigenvalue weighted by Gasteiger charge is 2.12. The van der Waals surface area contributed by atoms with Gasteiger partial charge in [-0.1, -0.05) is 30.3 Å². The summed E-state index contributed by atoms with van der Waals surface area (Å²) in [5.74, 6) is 0.489. The molecule has 0 aliphatic rings. The number of nitrogens with one attached hydrogen (secondary N) is 1. The van der Waals surface area contributed by atoms with Crippen LogP contribution in [0.4, 0.5) is 5.82 Å². The summed E-state index contributed by atoms with van der Waals surface area (Å²) < 4.78 is 0. The van der Waals surface area contributed by atoms with Crippen LogP contribution in [0.15, 0.2) is 48.7 Å². The first-order valence-electron chi connectivity index (χ1n) is 5.62. The molecule has 18 heavy (non-hydrogen) atoms. The van der Waals surface area contributed by atoms with Crippen molar-refractivity contribution in [1.82, 2.24) is 4.98 Å². The van der Waals surface area contributed by atoms with Crippen molar-refractivity contribution in [3.8, 4) is 6.07 Å². The van der Waals surface area contributed by atoms with Gasteiger partial charge >= 0.3 is 0 Å². The molecule has 0 saturated carbocycles. The van der Waals surface area contributed by atoms with Crippen molar-refractivity contribution in [3.05, 3.63) is 59.8 Å². The van der Waals surface area contributed by atoms with E-state index in [0.29, 0.717) is 11.4 Å². The Hall–Kier alpha value is -2.38. The van der Waals surface area contributed by atoms with Crippen molar-refractivity contribution in [1.29, 1.82) is 5.26 Å². The van der Waals surface area contributed by atoms with Crippen LogP contribution in [0.25, 0.3) is 0 Å². The van der Waals surface area contributed by atoms with Crippen LogP contribution in [-0.4, -0.2) is 16.7 Å². The number of rotatable bonds is 4. The quantitative estimate of drug-likeness (QED) is 0.857. The Labute approximate surface area is 106 Å². The molecular weight excluding hydrogens is 226 g/mol. The second-order valence-corrected chi connectivity index (χ2v) is 3.80. The van der Waals surface area contributed by atoms with E-state index >= 15 is 0 Å². The van der Waals surface area contributed by atoms with Crippen LogP contribution in [0.3, 0.4) is 0 Å². The van der Waals surface area contributed by atoms with Gasteiger partial charge in [-0.15, -0.1) is 0 Å². The highest BCUT2D eigenvalue weighted by atomic mass is 16.3. The van der Waals surface area contributed by atoms with E-state index in [4.69, 9.17) is 5.26 Å². The molecule has 0 aliphatic heterocycles. The predicted molar refractivity (Wildman–Crippen MR) is 68.8 cm³/mol. The molecule has 0 saturated heterocycles. The van der Waals surface area contributed by atoms with Gasteiger partial charge in [-0.25, -0.2) is 4.98 Å². The van der Waals surface area contributed by atoms with Crippen molar-refractivity contribution < 1.29 is 5.11 Å². The molecule has 4 heteroatoms. The number of aliphatic hydroxyl groups is 1. The lowest BCUT2D eigenvalue weighted by Gasteiger charge is -2.17. The monoisotopic (exact) mass is 239 g/mol. The second kappa shape index (κ2) is 5.80. The summed E-state index contributed by atoms with van der Waals surface area (Å²) in [7, 11) is 0. The number of aromatic nitrogens is 1. The molecule has 4 nitrogen and oxygen atoms in total. The summed E-state index contributed by atoms with van der Waals surface area (Å²) in [5, 5.41) is 21.5. The van der Waals surface area contributed by atoms with Gasteiger partial charge in [0.05, 0.1) is 18.2 Å². The average Bonchev–Trinajstić information content (AvgIpc) is 2.46. The summed E-state index contributed by atoms with van der Waals surface area (Å²) in [4.78, 5) is 4.12. The van der Waals surface area contributed by atoms with Gasteiger partial charge < -0.3 is 10.4 Å². The van der Waals surface area contributed by atoms with Crippen LogP contribution < -0.4 is 5.32 Å². The lowest BCUT2D eigenvalue weighted by molar-refractivity contribution is 0.276. The molecule has 0 radical (unpaired) electrons. The Balaban J connectivity index is 2.24. The Morgan fingerprint density at radius 1 is 1.22 bits per heavy atom.